The molecule has 1 heterocycles. The highest BCUT2D eigenvalue weighted by Gasteiger charge is 2.43. The predicted octanol–water partition coefficient (Wildman–Crippen LogP) is 3.36. The Morgan fingerprint density at radius 3 is 2.68 bits per heavy atom. The van der Waals surface area contributed by atoms with E-state index in [2.05, 4.69) is 20.9 Å². The fourth-order valence-electron chi connectivity index (χ4n) is 1.63. The lowest BCUT2D eigenvalue weighted by Crippen LogP contribution is -2.25. The van der Waals surface area contributed by atoms with Crippen molar-refractivity contribution in [2.45, 2.75) is 26.6 Å². The van der Waals surface area contributed by atoms with Crippen LogP contribution in [-0.2, 0) is 0 Å². The number of nitrogens with zero attached hydrogens (tertiary/aromatic N) is 1. The van der Waals surface area contributed by atoms with Crippen LogP contribution in [0.15, 0.2) is 18.2 Å². The molecule has 0 saturated heterocycles. The minimum Gasteiger partial charge on any atom is -0.395 e. The van der Waals surface area contributed by atoms with Crippen LogP contribution in [0.3, 0.4) is 0 Å². The van der Waals surface area contributed by atoms with E-state index in [0.717, 1.165) is 0 Å². The molecular weight excluding hydrogens is 254 g/mol. The predicted molar refractivity (Wildman–Crippen MR) is 65.1 cm³/mol. The van der Waals surface area contributed by atoms with Crippen molar-refractivity contribution in [3.63, 3.8) is 0 Å². The summed E-state index contributed by atoms with van der Waals surface area (Å²) in [5, 5.41) is 11.9. The number of nitrogens with one attached hydrogen (secondary N) is 1. The minimum absolute atomic E-state index is 0.00884. The summed E-state index contributed by atoms with van der Waals surface area (Å²) in [6, 6.07) is 6.70. The zero-order valence-corrected chi connectivity index (χ0v) is 10.7. The lowest BCUT2D eigenvalue weighted by molar-refractivity contribution is -0.286. The second kappa shape index (κ2) is 4.57. The van der Waals surface area contributed by atoms with Gasteiger partial charge in [-0.25, -0.2) is 0 Å². The molecule has 1 aliphatic heterocycles. The highest BCUT2D eigenvalue weighted by Crippen LogP contribution is 2.42. The van der Waals surface area contributed by atoms with Crippen molar-refractivity contribution in [3.05, 3.63) is 18.2 Å². The number of benzene rings is 1. The van der Waals surface area contributed by atoms with E-state index in [1.165, 1.54) is 12.1 Å². The molecule has 0 fully saturated rings. The Balaban J connectivity index is 1.96. The van der Waals surface area contributed by atoms with Crippen LogP contribution in [0.1, 0.15) is 20.3 Å². The quantitative estimate of drug-likeness (QED) is 0.909. The number of ether oxygens (including phenoxy) is 2. The lowest BCUT2D eigenvalue weighted by Gasteiger charge is -2.15. The summed E-state index contributed by atoms with van der Waals surface area (Å²) >= 11 is 0. The molecule has 1 N–H and O–H groups in total. The van der Waals surface area contributed by atoms with Gasteiger partial charge in [0.1, 0.15) is 0 Å². The molecule has 19 heavy (non-hydrogen) atoms. The van der Waals surface area contributed by atoms with Gasteiger partial charge < -0.3 is 14.8 Å². The topological polar surface area (TPSA) is 54.3 Å². The van der Waals surface area contributed by atoms with Gasteiger partial charge in [-0.2, -0.15) is 5.26 Å². The Bertz CT molecular complexity index is 524. The molecule has 0 bridgehead atoms. The van der Waals surface area contributed by atoms with E-state index in [9.17, 15) is 8.78 Å². The van der Waals surface area contributed by atoms with Gasteiger partial charge in [-0.05, 0) is 32.4 Å². The molecular formula is C13H14F2N2O2. The zero-order valence-electron chi connectivity index (χ0n) is 10.7. The summed E-state index contributed by atoms with van der Waals surface area (Å²) in [6.45, 7) is 4.25. The molecule has 102 valence electrons. The van der Waals surface area contributed by atoms with Crippen LogP contribution in [-0.4, -0.2) is 12.8 Å². The van der Waals surface area contributed by atoms with E-state index in [-0.39, 0.29) is 11.5 Å². The number of hydrogen-bond acceptors (Lipinski definition) is 4. The average Bonchev–Trinajstić information content (AvgIpc) is 2.62. The third-order valence-electron chi connectivity index (χ3n) is 2.78. The number of alkyl halides is 2. The highest BCUT2D eigenvalue weighted by atomic mass is 19.3. The molecule has 4 nitrogen and oxygen atoms in total. The van der Waals surface area contributed by atoms with Gasteiger partial charge in [-0.15, -0.1) is 8.78 Å². The van der Waals surface area contributed by atoms with Crippen molar-refractivity contribution >= 4 is 5.69 Å². The molecule has 0 radical (unpaired) electrons. The van der Waals surface area contributed by atoms with E-state index in [1.807, 2.05) is 13.8 Å². The van der Waals surface area contributed by atoms with Gasteiger partial charge in [-0.1, -0.05) is 0 Å². The van der Waals surface area contributed by atoms with Crippen LogP contribution >= 0.6 is 0 Å². The second-order valence-corrected chi connectivity index (χ2v) is 5.00. The van der Waals surface area contributed by atoms with Gasteiger partial charge in [0.25, 0.3) is 0 Å². The summed E-state index contributed by atoms with van der Waals surface area (Å²) in [4.78, 5) is 0. The van der Waals surface area contributed by atoms with Crippen LogP contribution < -0.4 is 14.8 Å². The smallest absolute Gasteiger partial charge is 0.395 e. The Labute approximate surface area is 109 Å². The molecule has 0 aliphatic carbocycles. The Morgan fingerprint density at radius 2 is 2.00 bits per heavy atom. The third kappa shape index (κ3) is 3.25. The molecule has 0 aromatic heterocycles. The molecule has 1 aliphatic rings. The standard InChI is InChI=1S/C13H14F2N2O2/c1-12(2,8-16)5-6-17-9-3-4-10-11(7-9)19-13(14,15)18-10/h3-4,7,17H,5-6H2,1-2H3. The molecule has 0 atom stereocenters. The molecule has 0 saturated carbocycles. The summed E-state index contributed by atoms with van der Waals surface area (Å²) in [5.41, 5.74) is 0.227. The summed E-state index contributed by atoms with van der Waals surface area (Å²) in [6.07, 6.45) is -2.95. The van der Waals surface area contributed by atoms with Gasteiger partial charge in [0.2, 0.25) is 0 Å². The number of rotatable bonds is 4. The van der Waals surface area contributed by atoms with Crippen LogP contribution in [0.5, 0.6) is 11.5 Å². The van der Waals surface area contributed by atoms with Crippen molar-refractivity contribution in [1.29, 1.82) is 5.26 Å². The van der Waals surface area contributed by atoms with Gasteiger partial charge in [0, 0.05) is 18.3 Å². The Morgan fingerprint density at radius 1 is 1.32 bits per heavy atom. The normalized spacial score (nSPS) is 15.9. The third-order valence-corrected chi connectivity index (χ3v) is 2.78. The largest absolute Gasteiger partial charge is 0.586 e. The van der Waals surface area contributed by atoms with Gasteiger partial charge >= 0.3 is 6.29 Å². The van der Waals surface area contributed by atoms with Gasteiger partial charge in [0.15, 0.2) is 11.5 Å². The SMILES string of the molecule is CC(C)(C#N)CCNc1ccc2c(c1)OC(F)(F)O2. The average molecular weight is 268 g/mol. The monoisotopic (exact) mass is 268 g/mol. The van der Waals surface area contributed by atoms with Crippen LogP contribution in [0.4, 0.5) is 14.5 Å². The van der Waals surface area contributed by atoms with Crippen molar-refractivity contribution in [1.82, 2.24) is 0 Å². The lowest BCUT2D eigenvalue weighted by atomic mass is 9.91. The maximum Gasteiger partial charge on any atom is 0.586 e. The van der Waals surface area contributed by atoms with E-state index in [0.29, 0.717) is 18.7 Å². The highest BCUT2D eigenvalue weighted by molar-refractivity contribution is 5.55. The number of fused-ring (bicyclic) bond motifs is 1. The molecule has 2 rings (SSSR count). The van der Waals surface area contributed by atoms with E-state index in [4.69, 9.17) is 5.26 Å². The van der Waals surface area contributed by atoms with E-state index < -0.39 is 11.7 Å². The molecule has 1 aromatic carbocycles. The Hall–Kier alpha value is -2.03. The maximum absolute atomic E-state index is 12.8. The Kier molecular flexibility index (Phi) is 3.23. The van der Waals surface area contributed by atoms with E-state index >= 15 is 0 Å². The second-order valence-electron chi connectivity index (χ2n) is 5.00. The molecule has 6 heteroatoms. The first kappa shape index (κ1) is 13.4. The first-order valence-corrected chi connectivity index (χ1v) is 5.86. The summed E-state index contributed by atoms with van der Waals surface area (Å²) < 4.78 is 34.3. The zero-order chi connectivity index (χ0) is 14.1. The molecule has 0 unspecified atom stereocenters. The first-order valence-electron chi connectivity index (χ1n) is 5.86. The van der Waals surface area contributed by atoms with E-state index in [1.54, 1.807) is 6.07 Å². The van der Waals surface area contributed by atoms with Crippen LogP contribution in [0.25, 0.3) is 0 Å². The summed E-state index contributed by atoms with van der Waals surface area (Å²) in [7, 11) is 0. The number of halogens is 2. The van der Waals surface area contributed by atoms with Crippen molar-refractivity contribution in [2.24, 2.45) is 5.41 Å². The number of hydrogen-bond donors (Lipinski definition) is 1. The fraction of sp³-hybridized carbons (Fsp3) is 0.462. The van der Waals surface area contributed by atoms with Gasteiger partial charge in [-0.3, -0.25) is 0 Å². The first-order chi connectivity index (χ1) is 8.81. The van der Waals surface area contributed by atoms with Crippen molar-refractivity contribution < 1.29 is 18.3 Å². The summed E-state index contributed by atoms with van der Waals surface area (Å²) in [5.74, 6) is 0.0300. The fourth-order valence-corrected chi connectivity index (χ4v) is 1.63. The van der Waals surface area contributed by atoms with Gasteiger partial charge in [0.05, 0.1) is 11.5 Å². The number of anilines is 1. The molecule has 0 spiro atoms. The molecule has 1 aromatic rings. The van der Waals surface area contributed by atoms with Crippen LogP contribution in [0.2, 0.25) is 0 Å². The minimum atomic E-state index is -3.59. The maximum atomic E-state index is 12.8. The number of nitriles is 1. The molecule has 0 amide bonds. The van der Waals surface area contributed by atoms with Crippen LogP contribution in [0, 0.1) is 16.7 Å². The van der Waals surface area contributed by atoms with Crippen molar-refractivity contribution in [3.8, 4) is 17.6 Å². The van der Waals surface area contributed by atoms with Crippen molar-refractivity contribution in [2.75, 3.05) is 11.9 Å².